The van der Waals surface area contributed by atoms with Crippen LogP contribution < -0.4 is 5.73 Å². The molecule has 0 saturated heterocycles. The van der Waals surface area contributed by atoms with Crippen molar-refractivity contribution in [1.29, 1.82) is 0 Å². The highest BCUT2D eigenvalue weighted by atomic mass is 31.2. The van der Waals surface area contributed by atoms with E-state index in [0.29, 0.717) is 12.8 Å². The number of hydrogen-bond acceptors (Lipinski definition) is 9. The SMILES string of the molecule is CCCCCCCCCCCCCCCCCCCCCC(=O)OCC(COP(=O)(O)OCC(N)C(=O)O)OC(=O)CCCCCCCCCCCCCCCCCCCCC. The lowest BCUT2D eigenvalue weighted by atomic mass is 10.0. The summed E-state index contributed by atoms with van der Waals surface area (Å²) in [5.41, 5.74) is 5.35. The van der Waals surface area contributed by atoms with E-state index >= 15 is 0 Å². The molecule has 0 heterocycles. The normalized spacial score (nSPS) is 13.5. The molecule has 3 atom stereocenters. The number of carboxylic acid groups (broad SMARTS) is 1. The lowest BCUT2D eigenvalue weighted by molar-refractivity contribution is -0.161. The number of carbonyl (C=O) groups excluding carboxylic acids is 2. The molecule has 0 rings (SSSR count). The van der Waals surface area contributed by atoms with E-state index in [2.05, 4.69) is 18.4 Å². The van der Waals surface area contributed by atoms with Gasteiger partial charge in [-0.2, -0.15) is 0 Å². The van der Waals surface area contributed by atoms with Gasteiger partial charge < -0.3 is 25.2 Å². The van der Waals surface area contributed by atoms with E-state index in [9.17, 15) is 23.8 Å². The molecule has 12 heteroatoms. The number of esters is 2. The summed E-state index contributed by atoms with van der Waals surface area (Å²) in [5, 5.41) is 8.92. The average Bonchev–Trinajstić information content (AvgIpc) is 3.25. The van der Waals surface area contributed by atoms with Gasteiger partial charge in [-0.25, -0.2) is 4.57 Å². The van der Waals surface area contributed by atoms with Crippen molar-refractivity contribution in [2.24, 2.45) is 5.73 Å². The molecule has 368 valence electrons. The number of nitrogens with two attached hydrogens (primary N) is 1. The van der Waals surface area contributed by atoms with Crippen molar-refractivity contribution < 1.29 is 47.5 Å². The van der Waals surface area contributed by atoms with Crippen LogP contribution in [0.5, 0.6) is 0 Å². The molecule has 11 nitrogen and oxygen atoms in total. The summed E-state index contributed by atoms with van der Waals surface area (Å²) >= 11 is 0. The zero-order valence-corrected chi connectivity index (χ0v) is 41.1. The molecule has 0 aliphatic rings. The van der Waals surface area contributed by atoms with Gasteiger partial charge in [0, 0.05) is 12.8 Å². The first kappa shape index (κ1) is 60.5. The third kappa shape index (κ3) is 45.1. The minimum atomic E-state index is -4.71. The molecule has 3 unspecified atom stereocenters. The maximum atomic E-state index is 12.7. The Hall–Kier alpha value is -1.52. The van der Waals surface area contributed by atoms with E-state index in [4.69, 9.17) is 24.8 Å². The fourth-order valence-corrected chi connectivity index (χ4v) is 8.55. The third-order valence-electron chi connectivity index (χ3n) is 11.9. The predicted molar refractivity (Wildman–Crippen MR) is 254 cm³/mol. The van der Waals surface area contributed by atoms with Crippen LogP contribution in [0.25, 0.3) is 0 Å². The Balaban J connectivity index is 4.18. The third-order valence-corrected chi connectivity index (χ3v) is 12.8. The Kier molecular flexibility index (Phi) is 44.9. The van der Waals surface area contributed by atoms with Crippen LogP contribution >= 0.6 is 7.82 Å². The first-order valence-electron chi connectivity index (χ1n) is 26.1. The zero-order chi connectivity index (χ0) is 45.6. The van der Waals surface area contributed by atoms with Gasteiger partial charge in [-0.1, -0.05) is 245 Å². The van der Waals surface area contributed by atoms with E-state index in [1.54, 1.807) is 0 Å². The summed E-state index contributed by atoms with van der Waals surface area (Å²) in [5.74, 6) is -2.35. The van der Waals surface area contributed by atoms with Crippen LogP contribution in [0.2, 0.25) is 0 Å². The van der Waals surface area contributed by atoms with Gasteiger partial charge >= 0.3 is 25.7 Å². The standard InChI is InChI=1S/C50H98NO10P/c1-3-5-7-9-11-13-15-17-19-21-23-25-27-29-31-33-35-37-39-41-48(52)58-43-46(44-59-62(56,57)60-45-47(51)50(54)55)61-49(53)42-40-38-36-34-32-30-28-26-24-22-20-18-16-14-12-10-8-6-4-2/h46-47H,3-45,51H2,1-2H3,(H,54,55)(H,56,57). The zero-order valence-electron chi connectivity index (χ0n) is 40.2. The van der Waals surface area contributed by atoms with Gasteiger partial charge in [-0.3, -0.25) is 23.4 Å². The van der Waals surface area contributed by atoms with E-state index in [-0.39, 0.29) is 19.4 Å². The fourth-order valence-electron chi connectivity index (χ4n) is 7.77. The maximum Gasteiger partial charge on any atom is 0.472 e. The van der Waals surface area contributed by atoms with Gasteiger partial charge in [-0.05, 0) is 12.8 Å². The number of carbonyl (C=O) groups is 3. The Labute approximate surface area is 380 Å². The number of rotatable bonds is 50. The molecular weight excluding hydrogens is 806 g/mol. The number of ether oxygens (including phenoxy) is 2. The molecule has 4 N–H and O–H groups in total. The van der Waals surface area contributed by atoms with Crippen molar-refractivity contribution in [2.45, 2.75) is 283 Å². The number of carboxylic acids is 1. The Morgan fingerprint density at radius 3 is 1.02 bits per heavy atom. The molecule has 0 saturated carbocycles. The summed E-state index contributed by atoms with van der Waals surface area (Å²) in [7, 11) is -4.71. The fraction of sp³-hybridized carbons (Fsp3) is 0.940. The molecule has 0 aromatic rings. The number of phosphoric acid groups is 1. The molecular formula is C50H98NO10P. The lowest BCUT2D eigenvalue weighted by Crippen LogP contribution is -2.34. The van der Waals surface area contributed by atoms with Crippen LogP contribution in [0.1, 0.15) is 271 Å². The summed E-state index contributed by atoms with van der Waals surface area (Å²) < 4.78 is 32.9. The highest BCUT2D eigenvalue weighted by Crippen LogP contribution is 2.43. The molecule has 0 aliphatic carbocycles. The highest BCUT2D eigenvalue weighted by molar-refractivity contribution is 7.47. The molecule has 0 aromatic carbocycles. The second-order valence-corrected chi connectivity index (χ2v) is 19.5. The van der Waals surface area contributed by atoms with Crippen LogP contribution in [-0.2, 0) is 37.5 Å². The summed E-state index contributed by atoms with van der Waals surface area (Å²) in [4.78, 5) is 46.2. The van der Waals surface area contributed by atoms with Crippen molar-refractivity contribution >= 4 is 25.7 Å². The molecule has 0 radical (unpaired) electrons. The van der Waals surface area contributed by atoms with Crippen LogP contribution in [0.15, 0.2) is 0 Å². The molecule has 0 fully saturated rings. The van der Waals surface area contributed by atoms with Crippen molar-refractivity contribution in [3.8, 4) is 0 Å². The lowest BCUT2D eigenvalue weighted by Gasteiger charge is -2.20. The van der Waals surface area contributed by atoms with Crippen LogP contribution in [0.4, 0.5) is 0 Å². The monoisotopic (exact) mass is 904 g/mol. The average molecular weight is 904 g/mol. The molecule has 0 aliphatic heterocycles. The Morgan fingerprint density at radius 1 is 0.435 bits per heavy atom. The number of unbranched alkanes of at least 4 members (excludes halogenated alkanes) is 36. The topological polar surface area (TPSA) is 172 Å². The van der Waals surface area contributed by atoms with Crippen LogP contribution in [-0.4, -0.2) is 59.9 Å². The second kappa shape index (κ2) is 46.0. The van der Waals surface area contributed by atoms with Crippen molar-refractivity contribution in [1.82, 2.24) is 0 Å². The molecule has 0 amide bonds. The smallest absolute Gasteiger partial charge is 0.472 e. The highest BCUT2D eigenvalue weighted by Gasteiger charge is 2.28. The van der Waals surface area contributed by atoms with Crippen molar-refractivity contribution in [3.63, 3.8) is 0 Å². The van der Waals surface area contributed by atoms with Gasteiger partial charge in [0.2, 0.25) is 0 Å². The number of aliphatic carboxylic acids is 1. The summed E-state index contributed by atoms with van der Waals surface area (Å²) in [6.45, 7) is 2.87. The molecule has 0 bridgehead atoms. The minimum Gasteiger partial charge on any atom is -0.480 e. The van der Waals surface area contributed by atoms with Crippen LogP contribution in [0, 0.1) is 0 Å². The van der Waals surface area contributed by atoms with Crippen LogP contribution in [0.3, 0.4) is 0 Å². The second-order valence-electron chi connectivity index (χ2n) is 18.0. The van der Waals surface area contributed by atoms with E-state index in [1.165, 1.54) is 193 Å². The first-order valence-corrected chi connectivity index (χ1v) is 27.6. The van der Waals surface area contributed by atoms with Gasteiger partial charge in [0.05, 0.1) is 13.2 Å². The van der Waals surface area contributed by atoms with Crippen molar-refractivity contribution in [2.75, 3.05) is 19.8 Å². The quantitative estimate of drug-likeness (QED) is 0.0301. The Bertz CT molecular complexity index is 1060. The first-order chi connectivity index (χ1) is 30.1. The van der Waals surface area contributed by atoms with E-state index < -0.39 is 51.1 Å². The number of phosphoric ester groups is 1. The number of hydrogen-bond donors (Lipinski definition) is 3. The predicted octanol–water partition coefficient (Wildman–Crippen LogP) is 14.6. The minimum absolute atomic E-state index is 0.170. The molecule has 0 spiro atoms. The van der Waals surface area contributed by atoms with Gasteiger partial charge in [0.1, 0.15) is 12.6 Å². The summed E-state index contributed by atoms with van der Waals surface area (Å²) in [6.07, 6.45) is 47.3. The van der Waals surface area contributed by atoms with Crippen molar-refractivity contribution in [3.05, 3.63) is 0 Å². The molecule has 0 aromatic heterocycles. The molecule has 62 heavy (non-hydrogen) atoms. The van der Waals surface area contributed by atoms with Gasteiger partial charge in [-0.15, -0.1) is 0 Å². The van der Waals surface area contributed by atoms with E-state index in [1.807, 2.05) is 0 Å². The van der Waals surface area contributed by atoms with Gasteiger partial charge in [0.15, 0.2) is 6.10 Å². The summed E-state index contributed by atoms with van der Waals surface area (Å²) in [6, 6.07) is -1.52. The largest absolute Gasteiger partial charge is 0.480 e. The van der Waals surface area contributed by atoms with E-state index in [0.717, 1.165) is 38.5 Å². The van der Waals surface area contributed by atoms with Gasteiger partial charge in [0.25, 0.3) is 0 Å². The maximum absolute atomic E-state index is 12.7. The Morgan fingerprint density at radius 2 is 0.710 bits per heavy atom.